The Balaban J connectivity index is 1.75. The van der Waals surface area contributed by atoms with E-state index in [1.54, 1.807) is 25.3 Å². The number of rotatable bonds is 7. The molecule has 2 aromatic rings. The highest BCUT2D eigenvalue weighted by molar-refractivity contribution is 5.95. The van der Waals surface area contributed by atoms with E-state index in [0.29, 0.717) is 17.2 Å². The monoisotopic (exact) mass is 331 g/mol. The van der Waals surface area contributed by atoms with Crippen molar-refractivity contribution < 1.29 is 14.3 Å². The standard InChI is InChI=1S/C18H25N3O3/c1-4-12(2)21-16(13-7-8-13)14(10-20-21)17(22)19-11-18(3,23)15-6-5-9-24-15/h5-6,9-10,12-13,23H,4,7-8,11H2,1-3H3,(H,19,22). The topological polar surface area (TPSA) is 80.3 Å². The van der Waals surface area contributed by atoms with E-state index in [0.717, 1.165) is 25.0 Å². The van der Waals surface area contributed by atoms with Gasteiger partial charge in [0.25, 0.3) is 5.91 Å². The zero-order valence-corrected chi connectivity index (χ0v) is 14.5. The molecule has 130 valence electrons. The van der Waals surface area contributed by atoms with Gasteiger partial charge in [-0.05, 0) is 45.2 Å². The van der Waals surface area contributed by atoms with Gasteiger partial charge < -0.3 is 14.8 Å². The smallest absolute Gasteiger partial charge is 0.254 e. The molecule has 2 aromatic heterocycles. The SMILES string of the molecule is CCC(C)n1ncc(C(=O)NCC(C)(O)c2ccco2)c1C1CC1. The van der Waals surface area contributed by atoms with Gasteiger partial charge in [-0.3, -0.25) is 9.48 Å². The van der Waals surface area contributed by atoms with Gasteiger partial charge in [0, 0.05) is 12.0 Å². The van der Waals surface area contributed by atoms with Crippen LogP contribution in [0.3, 0.4) is 0 Å². The summed E-state index contributed by atoms with van der Waals surface area (Å²) in [6, 6.07) is 3.68. The van der Waals surface area contributed by atoms with Crippen molar-refractivity contribution in [3.05, 3.63) is 41.6 Å². The lowest BCUT2D eigenvalue weighted by Gasteiger charge is -2.21. The molecule has 2 atom stereocenters. The van der Waals surface area contributed by atoms with Crippen molar-refractivity contribution in [2.45, 2.75) is 57.6 Å². The van der Waals surface area contributed by atoms with Crippen molar-refractivity contribution in [1.82, 2.24) is 15.1 Å². The first kappa shape index (κ1) is 16.8. The largest absolute Gasteiger partial charge is 0.466 e. The number of carbonyl (C=O) groups is 1. The predicted molar refractivity (Wildman–Crippen MR) is 89.8 cm³/mol. The van der Waals surface area contributed by atoms with Gasteiger partial charge in [-0.1, -0.05) is 6.92 Å². The summed E-state index contributed by atoms with van der Waals surface area (Å²) in [5, 5.41) is 17.7. The minimum Gasteiger partial charge on any atom is -0.466 e. The Morgan fingerprint density at radius 1 is 1.58 bits per heavy atom. The number of aliphatic hydroxyl groups is 1. The Hall–Kier alpha value is -2.08. The van der Waals surface area contributed by atoms with E-state index in [-0.39, 0.29) is 18.5 Å². The Kier molecular flexibility index (Phi) is 4.49. The van der Waals surface area contributed by atoms with Crippen molar-refractivity contribution >= 4 is 5.91 Å². The molecule has 0 spiro atoms. The first-order valence-electron chi connectivity index (χ1n) is 8.56. The van der Waals surface area contributed by atoms with E-state index in [4.69, 9.17) is 4.42 Å². The van der Waals surface area contributed by atoms with Gasteiger partial charge >= 0.3 is 0 Å². The lowest BCUT2D eigenvalue weighted by Crippen LogP contribution is -2.38. The summed E-state index contributed by atoms with van der Waals surface area (Å²) in [5.74, 6) is 0.659. The van der Waals surface area contributed by atoms with Crippen LogP contribution >= 0.6 is 0 Å². The quantitative estimate of drug-likeness (QED) is 0.817. The summed E-state index contributed by atoms with van der Waals surface area (Å²) in [5.41, 5.74) is 0.401. The second kappa shape index (κ2) is 6.43. The maximum absolute atomic E-state index is 12.6. The van der Waals surface area contributed by atoms with Gasteiger partial charge in [0.05, 0.1) is 30.3 Å². The average Bonchev–Trinajstić information content (AvgIpc) is 3.07. The number of nitrogens with one attached hydrogen (secondary N) is 1. The zero-order valence-electron chi connectivity index (χ0n) is 14.5. The van der Waals surface area contributed by atoms with Gasteiger partial charge in [-0.15, -0.1) is 0 Å². The van der Waals surface area contributed by atoms with Gasteiger partial charge in [0.1, 0.15) is 11.4 Å². The number of furan rings is 1. The van der Waals surface area contributed by atoms with E-state index in [1.165, 1.54) is 6.26 Å². The molecule has 0 saturated heterocycles. The second-order valence-corrected chi connectivity index (χ2v) is 6.85. The van der Waals surface area contributed by atoms with Crippen LogP contribution in [-0.4, -0.2) is 27.3 Å². The number of amides is 1. The lowest BCUT2D eigenvalue weighted by atomic mass is 10.0. The number of hydrogen-bond donors (Lipinski definition) is 2. The molecular formula is C18H25N3O3. The van der Waals surface area contributed by atoms with E-state index in [9.17, 15) is 9.90 Å². The van der Waals surface area contributed by atoms with Crippen molar-refractivity contribution in [1.29, 1.82) is 0 Å². The van der Waals surface area contributed by atoms with Crippen LogP contribution in [0.4, 0.5) is 0 Å². The minimum absolute atomic E-state index is 0.0813. The first-order chi connectivity index (χ1) is 11.4. The highest BCUT2D eigenvalue weighted by Crippen LogP contribution is 2.42. The van der Waals surface area contributed by atoms with Gasteiger partial charge in [-0.25, -0.2) is 0 Å². The summed E-state index contributed by atoms with van der Waals surface area (Å²) in [4.78, 5) is 12.6. The van der Waals surface area contributed by atoms with Crippen LogP contribution in [0.15, 0.2) is 29.0 Å². The highest BCUT2D eigenvalue weighted by atomic mass is 16.4. The summed E-state index contributed by atoms with van der Waals surface area (Å²) in [7, 11) is 0. The second-order valence-electron chi connectivity index (χ2n) is 6.85. The first-order valence-corrected chi connectivity index (χ1v) is 8.56. The molecule has 0 aliphatic heterocycles. The molecular weight excluding hydrogens is 306 g/mol. The number of carbonyl (C=O) groups excluding carboxylic acids is 1. The zero-order chi connectivity index (χ0) is 17.3. The summed E-state index contributed by atoms with van der Waals surface area (Å²) in [6.07, 6.45) is 6.33. The van der Waals surface area contributed by atoms with Crippen LogP contribution in [0, 0.1) is 0 Å². The van der Waals surface area contributed by atoms with Crippen molar-refractivity contribution in [3.8, 4) is 0 Å². The van der Waals surface area contributed by atoms with Crippen LogP contribution in [0.1, 0.15) is 73.8 Å². The molecule has 1 amide bonds. The maximum atomic E-state index is 12.6. The molecule has 1 aliphatic rings. The Morgan fingerprint density at radius 2 is 2.33 bits per heavy atom. The van der Waals surface area contributed by atoms with Crippen LogP contribution < -0.4 is 5.32 Å². The number of hydrogen-bond acceptors (Lipinski definition) is 4. The molecule has 0 bridgehead atoms. The van der Waals surface area contributed by atoms with E-state index < -0.39 is 5.60 Å². The normalized spacial score (nSPS) is 18.2. The van der Waals surface area contributed by atoms with E-state index in [2.05, 4.69) is 24.3 Å². The van der Waals surface area contributed by atoms with Crippen molar-refractivity contribution in [2.24, 2.45) is 0 Å². The number of aromatic nitrogens is 2. The molecule has 0 aromatic carbocycles. The Bertz CT molecular complexity index is 699. The average molecular weight is 331 g/mol. The molecule has 1 fully saturated rings. The molecule has 24 heavy (non-hydrogen) atoms. The predicted octanol–water partition coefficient (Wildman–Crippen LogP) is 2.96. The third kappa shape index (κ3) is 3.24. The van der Waals surface area contributed by atoms with Gasteiger partial charge in [0.2, 0.25) is 0 Å². The number of nitrogens with zero attached hydrogens (tertiary/aromatic N) is 2. The molecule has 6 heteroatoms. The van der Waals surface area contributed by atoms with Crippen LogP contribution in [0.25, 0.3) is 0 Å². The fraction of sp³-hybridized carbons (Fsp3) is 0.556. The van der Waals surface area contributed by atoms with Crippen LogP contribution in [-0.2, 0) is 5.60 Å². The molecule has 2 unspecified atom stereocenters. The van der Waals surface area contributed by atoms with Crippen molar-refractivity contribution in [3.63, 3.8) is 0 Å². The van der Waals surface area contributed by atoms with Gasteiger partial charge in [0.15, 0.2) is 0 Å². The molecule has 0 radical (unpaired) electrons. The fourth-order valence-electron chi connectivity index (χ4n) is 2.85. The fourth-order valence-corrected chi connectivity index (χ4v) is 2.85. The minimum atomic E-state index is -1.24. The highest BCUT2D eigenvalue weighted by Gasteiger charge is 2.34. The maximum Gasteiger partial charge on any atom is 0.254 e. The lowest BCUT2D eigenvalue weighted by molar-refractivity contribution is 0.0330. The molecule has 1 saturated carbocycles. The third-order valence-corrected chi connectivity index (χ3v) is 4.70. The van der Waals surface area contributed by atoms with Gasteiger partial charge in [-0.2, -0.15) is 5.10 Å². The molecule has 2 N–H and O–H groups in total. The van der Waals surface area contributed by atoms with Crippen molar-refractivity contribution in [2.75, 3.05) is 6.54 Å². The summed E-state index contributed by atoms with van der Waals surface area (Å²) in [6.45, 7) is 5.93. The Morgan fingerprint density at radius 3 is 2.92 bits per heavy atom. The molecule has 1 aliphatic carbocycles. The summed E-state index contributed by atoms with van der Waals surface area (Å²) < 4.78 is 7.22. The van der Waals surface area contributed by atoms with Crippen LogP contribution in [0.5, 0.6) is 0 Å². The summed E-state index contributed by atoms with van der Waals surface area (Å²) >= 11 is 0. The van der Waals surface area contributed by atoms with E-state index >= 15 is 0 Å². The van der Waals surface area contributed by atoms with Crippen LogP contribution in [0.2, 0.25) is 0 Å². The van der Waals surface area contributed by atoms with E-state index in [1.807, 2.05) is 4.68 Å². The molecule has 2 heterocycles. The third-order valence-electron chi connectivity index (χ3n) is 4.70. The molecule has 6 nitrogen and oxygen atoms in total. The Labute approximate surface area is 141 Å². The molecule has 3 rings (SSSR count).